The SMILES string of the molecule is C=Cc1ccc(-c2ccc(C3CCC(CCCC)CO3)c(F)c2F)cc1F. The molecule has 0 saturated carbocycles. The van der Waals surface area contributed by atoms with Gasteiger partial charge in [0.15, 0.2) is 11.6 Å². The Bertz CT molecular complexity index is 808. The van der Waals surface area contributed by atoms with Crippen molar-refractivity contribution >= 4 is 6.08 Å². The van der Waals surface area contributed by atoms with Crippen LogP contribution in [0.15, 0.2) is 36.9 Å². The average molecular weight is 374 g/mol. The van der Waals surface area contributed by atoms with E-state index >= 15 is 0 Å². The molecule has 0 N–H and O–H groups in total. The van der Waals surface area contributed by atoms with E-state index in [1.165, 1.54) is 24.3 Å². The highest BCUT2D eigenvalue weighted by Gasteiger charge is 2.27. The number of unbranched alkanes of at least 4 members (excludes halogenated alkanes) is 1. The largest absolute Gasteiger partial charge is 0.373 e. The molecule has 2 aromatic rings. The number of hydrogen-bond acceptors (Lipinski definition) is 1. The predicted molar refractivity (Wildman–Crippen MR) is 103 cm³/mol. The second kappa shape index (κ2) is 8.75. The van der Waals surface area contributed by atoms with Gasteiger partial charge in [0.1, 0.15) is 5.82 Å². The monoisotopic (exact) mass is 374 g/mol. The van der Waals surface area contributed by atoms with Crippen molar-refractivity contribution in [3.05, 3.63) is 65.5 Å². The summed E-state index contributed by atoms with van der Waals surface area (Å²) < 4.78 is 49.2. The predicted octanol–water partition coefficient (Wildman–Crippen LogP) is 7.07. The summed E-state index contributed by atoms with van der Waals surface area (Å²) in [6, 6.07) is 7.33. The third kappa shape index (κ3) is 4.27. The molecule has 0 aromatic heterocycles. The molecule has 3 rings (SSSR count). The Kier molecular flexibility index (Phi) is 6.38. The zero-order chi connectivity index (χ0) is 19.4. The first kappa shape index (κ1) is 19.7. The van der Waals surface area contributed by atoms with Gasteiger partial charge < -0.3 is 4.74 Å². The minimum atomic E-state index is -0.963. The minimum absolute atomic E-state index is 0.0439. The van der Waals surface area contributed by atoms with Crippen LogP contribution in [-0.2, 0) is 4.74 Å². The van der Waals surface area contributed by atoms with E-state index in [2.05, 4.69) is 13.5 Å². The fourth-order valence-corrected chi connectivity index (χ4v) is 3.67. The molecule has 1 aliphatic heterocycles. The smallest absolute Gasteiger partial charge is 0.167 e. The van der Waals surface area contributed by atoms with Gasteiger partial charge in [-0.15, -0.1) is 0 Å². The van der Waals surface area contributed by atoms with Gasteiger partial charge in [-0.25, -0.2) is 13.2 Å². The van der Waals surface area contributed by atoms with Gasteiger partial charge in [0, 0.05) is 16.7 Å². The summed E-state index contributed by atoms with van der Waals surface area (Å²) in [6.45, 7) is 6.26. The Balaban J connectivity index is 1.80. The molecule has 0 radical (unpaired) electrons. The van der Waals surface area contributed by atoms with Crippen LogP contribution in [-0.4, -0.2) is 6.61 Å². The lowest BCUT2D eigenvalue weighted by molar-refractivity contribution is -0.0217. The lowest BCUT2D eigenvalue weighted by Crippen LogP contribution is -2.21. The number of rotatable bonds is 6. The molecule has 0 aliphatic carbocycles. The number of hydrogen-bond donors (Lipinski definition) is 0. The zero-order valence-electron chi connectivity index (χ0n) is 15.6. The van der Waals surface area contributed by atoms with Crippen molar-refractivity contribution in [1.82, 2.24) is 0 Å². The fourth-order valence-electron chi connectivity index (χ4n) is 3.67. The van der Waals surface area contributed by atoms with Gasteiger partial charge in [0.05, 0.1) is 12.7 Å². The Hall–Kier alpha value is -2.07. The quantitative estimate of drug-likeness (QED) is 0.525. The van der Waals surface area contributed by atoms with E-state index in [4.69, 9.17) is 4.74 Å². The third-order valence-electron chi connectivity index (χ3n) is 5.33. The standard InChI is InChI=1S/C23H25F3O/c1-3-5-6-15-7-12-21(27-14-15)19-11-10-18(22(25)23(19)26)17-9-8-16(4-2)20(24)13-17/h4,8-11,13,15,21H,2-3,5-7,12,14H2,1H3. The molecular weight excluding hydrogens is 349 g/mol. The molecule has 0 amide bonds. The highest BCUT2D eigenvalue weighted by atomic mass is 19.2. The Morgan fingerprint density at radius 2 is 1.93 bits per heavy atom. The van der Waals surface area contributed by atoms with Gasteiger partial charge >= 0.3 is 0 Å². The fraction of sp³-hybridized carbons (Fsp3) is 0.391. The maximum absolute atomic E-state index is 14.7. The summed E-state index contributed by atoms with van der Waals surface area (Å²) in [5.74, 6) is -1.88. The molecule has 0 bridgehead atoms. The highest BCUT2D eigenvalue weighted by molar-refractivity contribution is 5.67. The van der Waals surface area contributed by atoms with Gasteiger partial charge in [0.2, 0.25) is 0 Å². The van der Waals surface area contributed by atoms with Crippen LogP contribution in [0, 0.1) is 23.4 Å². The van der Waals surface area contributed by atoms with Crippen LogP contribution in [0.2, 0.25) is 0 Å². The zero-order valence-corrected chi connectivity index (χ0v) is 15.6. The third-order valence-corrected chi connectivity index (χ3v) is 5.33. The van der Waals surface area contributed by atoms with E-state index in [0.717, 1.165) is 25.7 Å². The molecule has 2 unspecified atom stereocenters. The molecular formula is C23H25F3O. The van der Waals surface area contributed by atoms with Crippen molar-refractivity contribution < 1.29 is 17.9 Å². The van der Waals surface area contributed by atoms with Crippen molar-refractivity contribution in [2.24, 2.45) is 5.92 Å². The lowest BCUT2D eigenvalue weighted by Gasteiger charge is -2.29. The summed E-state index contributed by atoms with van der Waals surface area (Å²) in [5, 5.41) is 0. The van der Waals surface area contributed by atoms with Crippen LogP contribution < -0.4 is 0 Å². The van der Waals surface area contributed by atoms with Crippen molar-refractivity contribution in [1.29, 1.82) is 0 Å². The van der Waals surface area contributed by atoms with E-state index < -0.39 is 23.6 Å². The van der Waals surface area contributed by atoms with E-state index in [1.807, 2.05) is 0 Å². The Labute approximate surface area is 158 Å². The van der Waals surface area contributed by atoms with Gasteiger partial charge in [-0.1, -0.05) is 56.7 Å². The first-order chi connectivity index (χ1) is 13.0. The number of benzene rings is 2. The molecule has 1 aliphatic rings. The second-order valence-corrected chi connectivity index (χ2v) is 7.18. The first-order valence-corrected chi connectivity index (χ1v) is 9.57. The normalized spacial score (nSPS) is 19.9. The molecule has 144 valence electrons. The van der Waals surface area contributed by atoms with E-state index in [0.29, 0.717) is 30.1 Å². The first-order valence-electron chi connectivity index (χ1n) is 9.57. The molecule has 1 fully saturated rings. The topological polar surface area (TPSA) is 9.23 Å². The maximum Gasteiger partial charge on any atom is 0.167 e. The van der Waals surface area contributed by atoms with Crippen LogP contribution >= 0.6 is 0 Å². The van der Waals surface area contributed by atoms with Gasteiger partial charge in [-0.3, -0.25) is 0 Å². The Morgan fingerprint density at radius 1 is 1.11 bits per heavy atom. The van der Waals surface area contributed by atoms with Gasteiger partial charge in [0.25, 0.3) is 0 Å². The lowest BCUT2D eigenvalue weighted by atomic mass is 9.90. The highest BCUT2D eigenvalue weighted by Crippen LogP contribution is 2.36. The van der Waals surface area contributed by atoms with E-state index in [1.54, 1.807) is 12.1 Å². The molecule has 1 saturated heterocycles. The molecule has 1 nitrogen and oxygen atoms in total. The second-order valence-electron chi connectivity index (χ2n) is 7.18. The average Bonchev–Trinajstić information content (AvgIpc) is 2.69. The molecule has 4 heteroatoms. The van der Waals surface area contributed by atoms with Crippen LogP contribution in [0.5, 0.6) is 0 Å². The number of ether oxygens (including phenoxy) is 1. The number of halogens is 3. The van der Waals surface area contributed by atoms with Crippen LogP contribution in [0.25, 0.3) is 17.2 Å². The van der Waals surface area contributed by atoms with Crippen molar-refractivity contribution in [3.8, 4) is 11.1 Å². The van der Waals surface area contributed by atoms with Crippen LogP contribution in [0.1, 0.15) is 56.3 Å². The van der Waals surface area contributed by atoms with Crippen molar-refractivity contribution in [2.75, 3.05) is 6.61 Å². The van der Waals surface area contributed by atoms with Crippen LogP contribution in [0.4, 0.5) is 13.2 Å². The molecule has 27 heavy (non-hydrogen) atoms. The van der Waals surface area contributed by atoms with Crippen molar-refractivity contribution in [2.45, 2.75) is 45.1 Å². The summed E-state index contributed by atoms with van der Waals surface area (Å²) in [6.07, 6.45) is 6.03. The Morgan fingerprint density at radius 3 is 2.56 bits per heavy atom. The van der Waals surface area contributed by atoms with Crippen molar-refractivity contribution in [3.63, 3.8) is 0 Å². The molecule has 1 heterocycles. The minimum Gasteiger partial charge on any atom is -0.373 e. The molecule has 2 aromatic carbocycles. The van der Waals surface area contributed by atoms with E-state index in [-0.39, 0.29) is 11.1 Å². The van der Waals surface area contributed by atoms with Crippen LogP contribution in [0.3, 0.4) is 0 Å². The maximum atomic E-state index is 14.7. The molecule has 0 spiro atoms. The summed E-state index contributed by atoms with van der Waals surface area (Å²) in [4.78, 5) is 0. The van der Waals surface area contributed by atoms with Gasteiger partial charge in [-0.05, 0) is 36.8 Å². The van der Waals surface area contributed by atoms with E-state index in [9.17, 15) is 13.2 Å². The van der Waals surface area contributed by atoms with Gasteiger partial charge in [-0.2, -0.15) is 0 Å². The molecule has 2 atom stereocenters. The summed E-state index contributed by atoms with van der Waals surface area (Å²) in [5.41, 5.74) is 0.908. The summed E-state index contributed by atoms with van der Waals surface area (Å²) >= 11 is 0. The summed E-state index contributed by atoms with van der Waals surface area (Å²) in [7, 11) is 0.